The minimum atomic E-state index is -0.454. The van der Waals surface area contributed by atoms with Crippen LogP contribution in [0.15, 0.2) is 28.0 Å². The van der Waals surface area contributed by atoms with Gasteiger partial charge in [-0.15, -0.1) is 11.3 Å². The number of furan rings is 1. The molecule has 144 valence electrons. The van der Waals surface area contributed by atoms with Crippen LogP contribution in [-0.4, -0.2) is 39.0 Å². The van der Waals surface area contributed by atoms with Gasteiger partial charge in [0, 0.05) is 11.9 Å². The van der Waals surface area contributed by atoms with Gasteiger partial charge in [-0.2, -0.15) is 0 Å². The average molecular weight is 413 g/mol. The summed E-state index contributed by atoms with van der Waals surface area (Å²) in [6, 6.07) is 3.88. The van der Waals surface area contributed by atoms with Crippen LogP contribution in [0.1, 0.15) is 24.5 Å². The number of thiophene rings is 1. The summed E-state index contributed by atoms with van der Waals surface area (Å²) in [6.07, 6.45) is 6.38. The Morgan fingerprint density at radius 1 is 1.29 bits per heavy atom. The summed E-state index contributed by atoms with van der Waals surface area (Å²) in [6.45, 7) is 2.20. The molecule has 0 aromatic carbocycles. The number of pyridine rings is 1. The fourth-order valence-corrected chi connectivity index (χ4v) is 5.29. The topological polar surface area (TPSA) is 84.1 Å². The molecule has 2 N–H and O–H groups in total. The number of rotatable bonds is 5. The van der Waals surface area contributed by atoms with Crippen LogP contribution in [-0.2, 0) is 12.8 Å². The standard InChI is InChI=1S/C20H20N4O2S2/c1-10(25)9-21-18-17-16(23-20(24-18)27-2)14-11-5-3-6-12(11)15(22-19(14)28-17)13-7-4-8-26-13/h4,7-8,10,25H,3,5-6,9H2,1-2H3,(H,21,23,24). The van der Waals surface area contributed by atoms with Crippen LogP contribution in [0.4, 0.5) is 5.82 Å². The Hall–Kier alpha value is -2.16. The van der Waals surface area contributed by atoms with Gasteiger partial charge < -0.3 is 14.8 Å². The largest absolute Gasteiger partial charge is 0.463 e. The third-order valence-corrected chi connectivity index (χ3v) is 6.64. The predicted molar refractivity (Wildman–Crippen MR) is 114 cm³/mol. The normalized spacial score (nSPS) is 14.7. The minimum absolute atomic E-state index is 0.442. The highest BCUT2D eigenvalue weighted by Gasteiger charge is 2.26. The highest BCUT2D eigenvalue weighted by Crippen LogP contribution is 2.44. The molecule has 28 heavy (non-hydrogen) atoms. The maximum atomic E-state index is 9.69. The van der Waals surface area contributed by atoms with Gasteiger partial charge in [-0.25, -0.2) is 15.0 Å². The zero-order valence-electron chi connectivity index (χ0n) is 15.7. The third-order valence-electron chi connectivity index (χ3n) is 5.02. The van der Waals surface area contributed by atoms with Crippen molar-refractivity contribution >= 4 is 49.3 Å². The summed E-state index contributed by atoms with van der Waals surface area (Å²) in [4.78, 5) is 15.4. The van der Waals surface area contributed by atoms with Gasteiger partial charge in [-0.1, -0.05) is 11.8 Å². The molecule has 1 atom stereocenters. The van der Waals surface area contributed by atoms with E-state index in [9.17, 15) is 5.11 Å². The molecule has 0 aliphatic heterocycles. The molecule has 0 saturated carbocycles. The predicted octanol–water partition coefficient (Wildman–Crippen LogP) is 4.50. The molecule has 1 unspecified atom stereocenters. The molecule has 0 radical (unpaired) electrons. The molecule has 4 aromatic rings. The van der Waals surface area contributed by atoms with E-state index >= 15 is 0 Å². The Balaban J connectivity index is 1.80. The summed E-state index contributed by atoms with van der Waals surface area (Å²) >= 11 is 3.13. The fraction of sp³-hybridized carbons (Fsp3) is 0.350. The SMILES string of the molecule is CSc1nc(NCC(C)O)c2sc3nc(-c4ccco4)c4c(c3c2n1)CCC4. The van der Waals surface area contributed by atoms with Crippen molar-refractivity contribution in [1.82, 2.24) is 15.0 Å². The molecule has 6 nitrogen and oxygen atoms in total. The summed E-state index contributed by atoms with van der Waals surface area (Å²) in [5.74, 6) is 1.59. The molecule has 0 fully saturated rings. The first-order valence-corrected chi connectivity index (χ1v) is 11.4. The van der Waals surface area contributed by atoms with Gasteiger partial charge in [0.15, 0.2) is 10.9 Å². The number of nitrogens with one attached hydrogen (secondary N) is 1. The Kier molecular flexibility index (Phi) is 4.49. The lowest BCUT2D eigenvalue weighted by Gasteiger charge is -2.10. The maximum absolute atomic E-state index is 9.69. The molecular weight excluding hydrogens is 392 g/mol. The van der Waals surface area contributed by atoms with Gasteiger partial charge in [0.05, 0.1) is 22.6 Å². The van der Waals surface area contributed by atoms with E-state index in [-0.39, 0.29) is 0 Å². The monoisotopic (exact) mass is 412 g/mol. The van der Waals surface area contributed by atoms with E-state index < -0.39 is 6.10 Å². The van der Waals surface area contributed by atoms with E-state index in [1.54, 1.807) is 24.5 Å². The molecule has 5 rings (SSSR count). The molecule has 0 saturated heterocycles. The van der Waals surface area contributed by atoms with Gasteiger partial charge in [-0.05, 0) is 55.7 Å². The van der Waals surface area contributed by atoms with Crippen LogP contribution < -0.4 is 5.32 Å². The molecule has 1 aliphatic carbocycles. The number of hydrogen-bond acceptors (Lipinski definition) is 8. The van der Waals surface area contributed by atoms with Gasteiger partial charge in [0.2, 0.25) is 0 Å². The second-order valence-corrected chi connectivity index (χ2v) is 8.77. The van der Waals surface area contributed by atoms with Crippen LogP contribution >= 0.6 is 23.1 Å². The molecular formula is C20H20N4O2S2. The second kappa shape index (κ2) is 7.02. The smallest absolute Gasteiger partial charge is 0.189 e. The number of thioether (sulfide) groups is 1. The lowest BCUT2D eigenvalue weighted by atomic mass is 10.0. The number of aromatic nitrogens is 3. The van der Waals surface area contributed by atoms with Crippen LogP contribution in [0.25, 0.3) is 31.9 Å². The van der Waals surface area contributed by atoms with E-state index in [2.05, 4.69) is 10.3 Å². The van der Waals surface area contributed by atoms with Crippen LogP contribution in [0.2, 0.25) is 0 Å². The van der Waals surface area contributed by atoms with E-state index in [4.69, 9.17) is 14.4 Å². The second-order valence-electron chi connectivity index (χ2n) is 7.00. The number of anilines is 1. The van der Waals surface area contributed by atoms with Crippen molar-refractivity contribution in [3.8, 4) is 11.5 Å². The van der Waals surface area contributed by atoms with Crippen molar-refractivity contribution in [2.75, 3.05) is 18.1 Å². The maximum Gasteiger partial charge on any atom is 0.189 e. The number of nitrogens with zero attached hydrogens (tertiary/aromatic N) is 3. The quantitative estimate of drug-likeness (QED) is 0.369. The molecule has 4 aromatic heterocycles. The molecule has 1 aliphatic rings. The van der Waals surface area contributed by atoms with Gasteiger partial charge in [-0.3, -0.25) is 0 Å². The first kappa shape index (κ1) is 17.9. The highest BCUT2D eigenvalue weighted by atomic mass is 32.2. The summed E-state index contributed by atoms with van der Waals surface area (Å²) in [7, 11) is 0. The zero-order chi connectivity index (χ0) is 19.3. The fourth-order valence-electron chi connectivity index (χ4n) is 3.82. The Bertz CT molecular complexity index is 1170. The van der Waals surface area contributed by atoms with Gasteiger partial charge in [0.25, 0.3) is 0 Å². The average Bonchev–Trinajstić information content (AvgIpc) is 3.43. The minimum Gasteiger partial charge on any atom is -0.463 e. The number of aryl methyl sites for hydroxylation is 1. The number of fused-ring (bicyclic) bond motifs is 5. The van der Waals surface area contributed by atoms with Crippen molar-refractivity contribution in [3.63, 3.8) is 0 Å². The summed E-state index contributed by atoms with van der Waals surface area (Å²) in [5, 5.41) is 14.9. The number of aliphatic hydroxyl groups excluding tert-OH is 1. The van der Waals surface area contributed by atoms with Crippen LogP contribution in [0.5, 0.6) is 0 Å². The Morgan fingerprint density at radius 2 is 2.14 bits per heavy atom. The van der Waals surface area contributed by atoms with Crippen molar-refractivity contribution < 1.29 is 9.52 Å². The lowest BCUT2D eigenvalue weighted by molar-refractivity contribution is 0.208. The van der Waals surface area contributed by atoms with E-state index in [0.29, 0.717) is 6.54 Å². The summed E-state index contributed by atoms with van der Waals surface area (Å²) in [5.41, 5.74) is 4.54. The zero-order valence-corrected chi connectivity index (χ0v) is 17.3. The summed E-state index contributed by atoms with van der Waals surface area (Å²) < 4.78 is 6.66. The molecule has 0 amide bonds. The van der Waals surface area contributed by atoms with Crippen LogP contribution in [0, 0.1) is 0 Å². The van der Waals surface area contributed by atoms with E-state index in [1.807, 2.05) is 18.4 Å². The number of aliphatic hydroxyl groups is 1. The van der Waals surface area contributed by atoms with Crippen molar-refractivity contribution in [2.24, 2.45) is 0 Å². The van der Waals surface area contributed by atoms with E-state index in [0.717, 1.165) is 62.1 Å². The lowest BCUT2D eigenvalue weighted by Crippen LogP contribution is -2.16. The molecule has 8 heteroatoms. The molecule has 0 bridgehead atoms. The third kappa shape index (κ3) is 2.87. The first-order chi connectivity index (χ1) is 13.7. The first-order valence-electron chi connectivity index (χ1n) is 9.31. The van der Waals surface area contributed by atoms with Crippen LogP contribution in [0.3, 0.4) is 0 Å². The van der Waals surface area contributed by atoms with Gasteiger partial charge in [0.1, 0.15) is 16.3 Å². The van der Waals surface area contributed by atoms with Crippen molar-refractivity contribution in [2.45, 2.75) is 37.4 Å². The highest BCUT2D eigenvalue weighted by molar-refractivity contribution is 7.98. The Labute approximate surface area is 170 Å². The van der Waals surface area contributed by atoms with Crippen molar-refractivity contribution in [1.29, 1.82) is 0 Å². The number of hydrogen-bond donors (Lipinski definition) is 2. The van der Waals surface area contributed by atoms with Gasteiger partial charge >= 0.3 is 0 Å². The Morgan fingerprint density at radius 3 is 2.89 bits per heavy atom. The molecule has 0 spiro atoms. The van der Waals surface area contributed by atoms with E-state index in [1.165, 1.54) is 22.9 Å². The van der Waals surface area contributed by atoms with Crippen molar-refractivity contribution in [3.05, 3.63) is 29.5 Å². The molecule has 4 heterocycles.